The second-order valence-corrected chi connectivity index (χ2v) is 15.6. The number of hydrogen-bond donors (Lipinski definition) is 2. The lowest BCUT2D eigenvalue weighted by molar-refractivity contribution is -0.123. The number of methoxy groups -OCH3 is 1. The van der Waals surface area contributed by atoms with Gasteiger partial charge in [0, 0.05) is 21.7 Å². The van der Waals surface area contributed by atoms with Crippen molar-refractivity contribution in [1.29, 1.82) is 0 Å². The van der Waals surface area contributed by atoms with E-state index in [1.807, 2.05) is 19.1 Å². The van der Waals surface area contributed by atoms with Crippen LogP contribution < -0.4 is 29.3 Å². The lowest BCUT2D eigenvalue weighted by atomic mass is 9.68. The number of thioether (sulfide) groups is 1. The number of nitrogens with zero attached hydrogens (tertiary/aromatic N) is 1. The number of nitrogens with one attached hydrogen (secondary N) is 2. The van der Waals surface area contributed by atoms with E-state index in [4.69, 9.17) is 18.9 Å². The number of ether oxygens (including phenoxy) is 4. The second kappa shape index (κ2) is 14.0. The smallest absolute Gasteiger partial charge is 0.338 e. The van der Waals surface area contributed by atoms with Gasteiger partial charge in [-0.3, -0.25) is 24.1 Å². The molecule has 14 heteroatoms. The highest BCUT2D eigenvalue weighted by Gasteiger charge is 2.69. The molecule has 1 aromatic heterocycles. The average molecular weight is 756 g/mol. The molecule has 6 unspecified atom stereocenters. The van der Waals surface area contributed by atoms with Crippen LogP contribution in [0.15, 0.2) is 76.6 Å². The zero-order valence-corrected chi connectivity index (χ0v) is 30.8. The summed E-state index contributed by atoms with van der Waals surface area (Å²) in [5.74, 6) is -0.827. The molecule has 8 rings (SSSR count). The first-order valence-corrected chi connectivity index (χ1v) is 19.3. The first-order chi connectivity index (χ1) is 25.7. The summed E-state index contributed by atoms with van der Waals surface area (Å²) in [6, 6.07) is 19.0. The third-order valence-electron chi connectivity index (χ3n) is 10.7. The molecule has 53 heavy (non-hydrogen) atoms. The van der Waals surface area contributed by atoms with Crippen LogP contribution in [0.1, 0.15) is 47.0 Å². The van der Waals surface area contributed by atoms with Gasteiger partial charge in [0.2, 0.25) is 11.8 Å². The maximum absolute atomic E-state index is 14.1. The van der Waals surface area contributed by atoms with Crippen LogP contribution in [0.2, 0.25) is 0 Å². The zero-order valence-electron chi connectivity index (χ0n) is 29.2. The fourth-order valence-corrected chi connectivity index (χ4v) is 11.6. The predicted molar refractivity (Wildman–Crippen MR) is 198 cm³/mol. The standard InChI is InChI=1S/C39H37N3O9S2/c1-4-49-27-16-20(8-15-26(27)51-18-28(43)40-21-9-6-19(7-10-21)38(46)50-5-2)29-30-24-17-25(33(30)52-35-34(29)53-39(47)41-35)32-31(24)36(44)42(37(32)45)22-11-13-23(48-3)14-12-22/h6-16,24-25,29-33H,4-5,17-18H2,1-3H3,(H,40,43)(H,41,47)/t24?,25?,29-,30?,31?,32?,33?/m1/s1. The number of benzene rings is 3. The quantitative estimate of drug-likeness (QED) is 0.144. The molecule has 3 amide bonds. The fraction of sp³-hybridized carbons (Fsp3) is 0.359. The van der Waals surface area contributed by atoms with Crippen LogP contribution in [0.4, 0.5) is 11.4 Å². The summed E-state index contributed by atoms with van der Waals surface area (Å²) in [5.41, 5.74) is 2.34. The zero-order chi connectivity index (χ0) is 37.0. The summed E-state index contributed by atoms with van der Waals surface area (Å²) in [5, 5.41) is 3.61. The molecule has 2 bridgehead atoms. The van der Waals surface area contributed by atoms with Gasteiger partial charge in [-0.05, 0) is 104 Å². The molecule has 2 N–H and O–H groups in total. The van der Waals surface area contributed by atoms with Gasteiger partial charge in [-0.25, -0.2) is 4.79 Å². The molecule has 12 nitrogen and oxygen atoms in total. The predicted octanol–water partition coefficient (Wildman–Crippen LogP) is 5.72. The third kappa shape index (κ3) is 6.07. The minimum Gasteiger partial charge on any atom is -0.497 e. The van der Waals surface area contributed by atoms with Gasteiger partial charge in [-0.1, -0.05) is 17.4 Å². The Hall–Kier alpha value is -5.08. The minimum absolute atomic E-state index is 0.00000675. The molecule has 4 aliphatic rings. The Kier molecular flexibility index (Phi) is 9.27. The van der Waals surface area contributed by atoms with Gasteiger partial charge >= 0.3 is 10.8 Å². The minimum atomic E-state index is -0.440. The summed E-state index contributed by atoms with van der Waals surface area (Å²) >= 11 is 2.81. The van der Waals surface area contributed by atoms with E-state index in [1.165, 1.54) is 16.2 Å². The number of H-pyrrole nitrogens is 1. The van der Waals surface area contributed by atoms with Crippen molar-refractivity contribution in [3.63, 3.8) is 0 Å². The number of esters is 1. The normalized spacial score (nSPS) is 25.0. The molecule has 2 aliphatic heterocycles. The van der Waals surface area contributed by atoms with E-state index >= 15 is 0 Å². The Morgan fingerprint density at radius 2 is 1.62 bits per heavy atom. The van der Waals surface area contributed by atoms with Crippen LogP contribution >= 0.6 is 23.1 Å². The lowest BCUT2D eigenvalue weighted by Gasteiger charge is -2.43. The maximum atomic E-state index is 14.1. The SMILES string of the molecule is CCOC(=O)c1ccc(NC(=O)COc2ccc([C@H]3c4sc(=O)[nH]c4SC4C5CC(C6C(=O)N(c7ccc(OC)cc7)C(=O)C56)C43)cc2OCC)cc1. The van der Waals surface area contributed by atoms with E-state index in [9.17, 15) is 24.0 Å². The van der Waals surface area contributed by atoms with Gasteiger partial charge < -0.3 is 29.2 Å². The molecule has 2 aliphatic carbocycles. The van der Waals surface area contributed by atoms with E-state index in [0.29, 0.717) is 40.8 Å². The van der Waals surface area contributed by atoms with Crippen LogP contribution in [0.25, 0.3) is 0 Å². The molecular weight excluding hydrogens is 719 g/mol. The van der Waals surface area contributed by atoms with Crippen molar-refractivity contribution in [1.82, 2.24) is 4.98 Å². The molecule has 1 saturated heterocycles. The fourth-order valence-electron chi connectivity index (χ4n) is 8.73. The molecule has 3 heterocycles. The molecule has 2 saturated carbocycles. The average Bonchev–Trinajstić information content (AvgIpc) is 3.90. The summed E-state index contributed by atoms with van der Waals surface area (Å²) in [7, 11) is 1.57. The van der Waals surface area contributed by atoms with Crippen molar-refractivity contribution >= 4 is 58.2 Å². The van der Waals surface area contributed by atoms with Gasteiger partial charge in [0.1, 0.15) is 5.75 Å². The highest BCUT2D eigenvalue weighted by Crippen LogP contribution is 2.68. The van der Waals surface area contributed by atoms with Gasteiger partial charge in [0.25, 0.3) is 5.91 Å². The van der Waals surface area contributed by atoms with Gasteiger partial charge in [0.15, 0.2) is 18.1 Å². The number of carbonyl (C=O) groups excluding carboxylic acids is 4. The van der Waals surface area contributed by atoms with E-state index in [-0.39, 0.29) is 58.8 Å². The van der Waals surface area contributed by atoms with E-state index in [2.05, 4.69) is 10.3 Å². The van der Waals surface area contributed by atoms with Crippen molar-refractivity contribution in [2.75, 3.05) is 37.1 Å². The van der Waals surface area contributed by atoms with Crippen molar-refractivity contribution < 1.29 is 38.1 Å². The number of rotatable bonds is 11. The Labute approximate surface area is 313 Å². The lowest BCUT2D eigenvalue weighted by Crippen LogP contribution is -2.42. The monoisotopic (exact) mass is 755 g/mol. The summed E-state index contributed by atoms with van der Waals surface area (Å²) in [4.78, 5) is 70.8. The maximum Gasteiger partial charge on any atom is 0.338 e. The van der Waals surface area contributed by atoms with Crippen LogP contribution in [0, 0.1) is 29.6 Å². The molecule has 274 valence electrons. The number of carbonyl (C=O) groups is 4. The van der Waals surface area contributed by atoms with E-state index in [0.717, 1.165) is 21.9 Å². The van der Waals surface area contributed by atoms with Crippen LogP contribution in [0.3, 0.4) is 0 Å². The van der Waals surface area contributed by atoms with Crippen molar-refractivity contribution in [2.45, 2.75) is 36.5 Å². The van der Waals surface area contributed by atoms with E-state index < -0.39 is 23.7 Å². The van der Waals surface area contributed by atoms with Gasteiger partial charge in [-0.2, -0.15) is 0 Å². The highest BCUT2D eigenvalue weighted by atomic mass is 32.2. The number of aromatic nitrogens is 1. The number of fused-ring (bicyclic) bond motifs is 9. The summed E-state index contributed by atoms with van der Waals surface area (Å²) in [6.45, 7) is 3.92. The van der Waals surface area contributed by atoms with Crippen LogP contribution in [-0.4, -0.2) is 60.9 Å². The largest absolute Gasteiger partial charge is 0.497 e. The number of anilines is 2. The Balaban J connectivity index is 1.04. The van der Waals surface area contributed by atoms with Gasteiger partial charge in [-0.15, -0.1) is 11.8 Å². The molecule has 0 spiro atoms. The molecule has 4 aromatic rings. The Bertz CT molecular complexity index is 2150. The summed E-state index contributed by atoms with van der Waals surface area (Å²) in [6.07, 6.45) is 0.765. The first-order valence-electron chi connectivity index (χ1n) is 17.6. The Morgan fingerprint density at radius 3 is 2.32 bits per heavy atom. The second-order valence-electron chi connectivity index (χ2n) is 13.4. The van der Waals surface area contributed by atoms with Crippen molar-refractivity contribution in [3.8, 4) is 17.2 Å². The first kappa shape index (κ1) is 35.0. The topological polar surface area (TPSA) is 153 Å². The van der Waals surface area contributed by atoms with Crippen molar-refractivity contribution in [3.05, 3.63) is 92.4 Å². The molecular formula is C39H37N3O9S2. The van der Waals surface area contributed by atoms with Crippen molar-refractivity contribution in [2.24, 2.45) is 29.6 Å². The third-order valence-corrected chi connectivity index (χ3v) is 13.3. The molecule has 3 fully saturated rings. The molecule has 0 radical (unpaired) electrons. The number of hydrogen-bond acceptors (Lipinski definition) is 11. The van der Waals surface area contributed by atoms with E-state index in [1.54, 1.807) is 80.4 Å². The summed E-state index contributed by atoms with van der Waals surface area (Å²) < 4.78 is 22.3. The number of amides is 3. The van der Waals surface area contributed by atoms with Crippen LogP contribution in [0.5, 0.6) is 17.2 Å². The van der Waals surface area contributed by atoms with Gasteiger partial charge in [0.05, 0.1) is 48.4 Å². The Morgan fingerprint density at radius 1 is 0.887 bits per heavy atom. The molecule has 7 atom stereocenters. The number of thiazole rings is 1. The van der Waals surface area contributed by atoms with Crippen LogP contribution in [-0.2, 0) is 19.1 Å². The number of imide groups is 1. The molecule has 3 aromatic carbocycles. The highest BCUT2D eigenvalue weighted by molar-refractivity contribution is 8.00. The number of aromatic amines is 1.